The van der Waals surface area contributed by atoms with Crippen molar-refractivity contribution in [2.75, 3.05) is 25.0 Å². The van der Waals surface area contributed by atoms with E-state index in [1.807, 2.05) is 47.4 Å². The van der Waals surface area contributed by atoms with Crippen LogP contribution in [0.2, 0.25) is 0 Å². The Balaban J connectivity index is 1.32. The zero-order chi connectivity index (χ0) is 20.1. The summed E-state index contributed by atoms with van der Waals surface area (Å²) in [4.78, 5) is 27.0. The van der Waals surface area contributed by atoms with Crippen LogP contribution in [0.1, 0.15) is 32.1 Å². The molecule has 152 valence electrons. The second-order valence-electron chi connectivity index (χ2n) is 8.08. The van der Waals surface area contributed by atoms with Crippen LogP contribution in [0.4, 0.5) is 5.69 Å². The maximum atomic E-state index is 12.9. The highest BCUT2D eigenvalue weighted by molar-refractivity contribution is 5.97. The van der Waals surface area contributed by atoms with Gasteiger partial charge >= 0.3 is 0 Å². The van der Waals surface area contributed by atoms with Gasteiger partial charge in [-0.1, -0.05) is 48.5 Å². The van der Waals surface area contributed by atoms with Crippen LogP contribution < -0.4 is 10.6 Å². The zero-order valence-corrected chi connectivity index (χ0v) is 16.8. The van der Waals surface area contributed by atoms with E-state index >= 15 is 0 Å². The van der Waals surface area contributed by atoms with E-state index in [1.54, 1.807) is 0 Å². The fourth-order valence-corrected chi connectivity index (χ4v) is 4.41. The van der Waals surface area contributed by atoms with Gasteiger partial charge in [0.1, 0.15) is 0 Å². The molecule has 1 aliphatic heterocycles. The molecule has 2 aromatic carbocycles. The third kappa shape index (κ3) is 4.85. The first-order valence-corrected chi connectivity index (χ1v) is 10.7. The molecule has 2 atom stereocenters. The number of amides is 2. The molecule has 2 amide bonds. The normalized spacial score (nSPS) is 21.3. The van der Waals surface area contributed by atoms with Crippen LogP contribution >= 0.6 is 0 Å². The van der Waals surface area contributed by atoms with Gasteiger partial charge in [0.2, 0.25) is 11.8 Å². The number of carbonyl (C=O) groups is 2. The lowest BCUT2D eigenvalue weighted by atomic mass is 10.0. The summed E-state index contributed by atoms with van der Waals surface area (Å²) in [6.07, 6.45) is 4.80. The van der Waals surface area contributed by atoms with Crippen molar-refractivity contribution in [3.8, 4) is 11.1 Å². The van der Waals surface area contributed by atoms with Crippen LogP contribution in [-0.2, 0) is 9.59 Å². The second kappa shape index (κ2) is 9.23. The van der Waals surface area contributed by atoms with Crippen LogP contribution in [0.5, 0.6) is 0 Å². The van der Waals surface area contributed by atoms with Crippen LogP contribution in [0.25, 0.3) is 11.1 Å². The highest BCUT2D eigenvalue weighted by Gasteiger charge is 2.30. The van der Waals surface area contributed by atoms with Crippen molar-refractivity contribution in [1.82, 2.24) is 10.2 Å². The number of para-hydroxylation sites is 1. The largest absolute Gasteiger partial charge is 0.342 e. The van der Waals surface area contributed by atoms with Gasteiger partial charge in [0.15, 0.2) is 0 Å². The third-order valence-electron chi connectivity index (χ3n) is 6.07. The predicted molar refractivity (Wildman–Crippen MR) is 115 cm³/mol. The average Bonchev–Trinajstić information content (AvgIpc) is 3.45. The van der Waals surface area contributed by atoms with Crippen molar-refractivity contribution in [3.63, 3.8) is 0 Å². The average molecular weight is 392 g/mol. The van der Waals surface area contributed by atoms with E-state index in [1.165, 1.54) is 0 Å². The topological polar surface area (TPSA) is 61.4 Å². The van der Waals surface area contributed by atoms with Crippen molar-refractivity contribution < 1.29 is 9.59 Å². The molecule has 1 saturated carbocycles. The van der Waals surface area contributed by atoms with Crippen LogP contribution in [-0.4, -0.2) is 42.4 Å². The molecule has 2 N–H and O–H groups in total. The monoisotopic (exact) mass is 391 g/mol. The Kier molecular flexibility index (Phi) is 6.25. The molecular formula is C24H29N3O2. The molecule has 5 nitrogen and oxygen atoms in total. The number of nitrogens with zero attached hydrogens (tertiary/aromatic N) is 1. The Hall–Kier alpha value is -2.66. The maximum absolute atomic E-state index is 12.9. The van der Waals surface area contributed by atoms with E-state index in [2.05, 4.69) is 22.8 Å². The molecule has 1 heterocycles. The van der Waals surface area contributed by atoms with E-state index in [-0.39, 0.29) is 23.8 Å². The highest BCUT2D eigenvalue weighted by atomic mass is 16.2. The molecule has 2 aromatic rings. The van der Waals surface area contributed by atoms with Gasteiger partial charge in [0.25, 0.3) is 0 Å². The maximum Gasteiger partial charge on any atom is 0.236 e. The van der Waals surface area contributed by atoms with Crippen LogP contribution in [0.3, 0.4) is 0 Å². The summed E-state index contributed by atoms with van der Waals surface area (Å²) in [7, 11) is 0. The molecule has 29 heavy (non-hydrogen) atoms. The standard InChI is InChI=1S/C24H29N3O2/c28-23(27-14-6-7-15-27)17-25-20-13-12-19(16-20)24(29)26-22-11-5-4-10-21(22)18-8-2-1-3-9-18/h1-5,8-11,19-20,25H,6-7,12-17H2,(H,26,29). The fourth-order valence-electron chi connectivity index (χ4n) is 4.41. The van der Waals surface area contributed by atoms with Gasteiger partial charge in [-0.2, -0.15) is 0 Å². The summed E-state index contributed by atoms with van der Waals surface area (Å²) < 4.78 is 0. The smallest absolute Gasteiger partial charge is 0.236 e. The van der Waals surface area contributed by atoms with Gasteiger partial charge in [-0.3, -0.25) is 9.59 Å². The molecule has 0 bridgehead atoms. The Morgan fingerprint density at radius 1 is 0.931 bits per heavy atom. The first-order chi connectivity index (χ1) is 14.2. The summed E-state index contributed by atoms with van der Waals surface area (Å²) in [5.41, 5.74) is 2.98. The van der Waals surface area contributed by atoms with E-state index in [0.717, 1.165) is 62.0 Å². The van der Waals surface area contributed by atoms with E-state index in [0.29, 0.717) is 6.54 Å². The number of hydrogen-bond donors (Lipinski definition) is 2. The first kappa shape index (κ1) is 19.6. The van der Waals surface area contributed by atoms with Crippen molar-refractivity contribution in [2.24, 2.45) is 5.92 Å². The zero-order valence-electron chi connectivity index (χ0n) is 16.8. The minimum Gasteiger partial charge on any atom is -0.342 e. The second-order valence-corrected chi connectivity index (χ2v) is 8.08. The van der Waals surface area contributed by atoms with Gasteiger partial charge in [0, 0.05) is 36.3 Å². The first-order valence-electron chi connectivity index (χ1n) is 10.7. The Morgan fingerprint density at radius 2 is 1.66 bits per heavy atom. The van der Waals surface area contributed by atoms with Gasteiger partial charge in [-0.15, -0.1) is 0 Å². The molecule has 0 aromatic heterocycles. The summed E-state index contributed by atoms with van der Waals surface area (Å²) in [5.74, 6) is 0.244. The highest BCUT2D eigenvalue weighted by Crippen LogP contribution is 2.31. The van der Waals surface area contributed by atoms with E-state index in [9.17, 15) is 9.59 Å². The Labute approximate surface area is 172 Å². The quantitative estimate of drug-likeness (QED) is 0.790. The van der Waals surface area contributed by atoms with Gasteiger partial charge < -0.3 is 15.5 Å². The number of hydrogen-bond acceptors (Lipinski definition) is 3. The molecule has 1 saturated heterocycles. The van der Waals surface area contributed by atoms with E-state index in [4.69, 9.17) is 0 Å². The molecular weight excluding hydrogens is 362 g/mol. The number of anilines is 1. The lowest BCUT2D eigenvalue weighted by molar-refractivity contribution is -0.129. The predicted octanol–water partition coefficient (Wildman–Crippen LogP) is 3.67. The molecule has 0 radical (unpaired) electrons. The summed E-state index contributed by atoms with van der Waals surface area (Å²) in [6.45, 7) is 2.16. The molecule has 2 unspecified atom stereocenters. The van der Waals surface area contributed by atoms with Gasteiger partial charge in [0.05, 0.1) is 6.54 Å². The number of nitrogens with one attached hydrogen (secondary N) is 2. The van der Waals surface area contributed by atoms with Crippen molar-refractivity contribution in [1.29, 1.82) is 0 Å². The minimum atomic E-state index is -0.0155. The number of rotatable bonds is 6. The number of likely N-dealkylation sites (tertiary alicyclic amines) is 1. The van der Waals surface area contributed by atoms with Gasteiger partial charge in [-0.25, -0.2) is 0 Å². The van der Waals surface area contributed by atoms with Gasteiger partial charge in [-0.05, 0) is 43.7 Å². The third-order valence-corrected chi connectivity index (χ3v) is 6.07. The Morgan fingerprint density at radius 3 is 2.45 bits per heavy atom. The van der Waals surface area contributed by atoms with E-state index < -0.39 is 0 Å². The van der Waals surface area contributed by atoms with Crippen molar-refractivity contribution in [2.45, 2.75) is 38.1 Å². The molecule has 4 rings (SSSR count). The lowest BCUT2D eigenvalue weighted by Crippen LogP contribution is -2.40. The summed E-state index contributed by atoms with van der Waals surface area (Å²) in [6, 6.07) is 18.3. The number of carbonyl (C=O) groups excluding carboxylic acids is 2. The molecule has 2 aliphatic rings. The summed E-state index contributed by atoms with van der Waals surface area (Å²) in [5, 5.41) is 6.51. The van der Waals surface area contributed by atoms with Crippen molar-refractivity contribution in [3.05, 3.63) is 54.6 Å². The Bertz CT molecular complexity index is 846. The molecule has 0 spiro atoms. The molecule has 1 aliphatic carbocycles. The van der Waals surface area contributed by atoms with Crippen molar-refractivity contribution >= 4 is 17.5 Å². The fraction of sp³-hybridized carbons (Fsp3) is 0.417. The number of benzene rings is 2. The molecule has 5 heteroatoms. The van der Waals surface area contributed by atoms with Crippen LogP contribution in [0, 0.1) is 5.92 Å². The summed E-state index contributed by atoms with van der Waals surface area (Å²) >= 11 is 0. The molecule has 2 fully saturated rings. The van der Waals surface area contributed by atoms with Crippen LogP contribution in [0.15, 0.2) is 54.6 Å². The SMILES string of the molecule is O=C(Nc1ccccc1-c1ccccc1)C1CCC(NCC(=O)N2CCCC2)C1. The lowest BCUT2D eigenvalue weighted by Gasteiger charge is -2.18. The minimum absolute atomic E-state index is 0.0155.